The Morgan fingerprint density at radius 1 is 1.04 bits per heavy atom. The maximum atomic E-state index is 11.9. The molecule has 0 saturated carbocycles. The van der Waals surface area contributed by atoms with Crippen molar-refractivity contribution in [2.24, 2.45) is 0 Å². The van der Waals surface area contributed by atoms with Gasteiger partial charge in [-0.15, -0.1) is 0 Å². The van der Waals surface area contributed by atoms with Crippen LogP contribution in [-0.4, -0.2) is 18.5 Å². The van der Waals surface area contributed by atoms with Gasteiger partial charge >= 0.3 is 5.97 Å². The van der Waals surface area contributed by atoms with Crippen LogP contribution in [-0.2, 0) is 9.53 Å². The van der Waals surface area contributed by atoms with Crippen molar-refractivity contribution in [1.29, 1.82) is 0 Å². The molecule has 0 spiro atoms. The molecule has 0 aromatic heterocycles. The van der Waals surface area contributed by atoms with E-state index in [1.165, 1.54) is 18.2 Å². The van der Waals surface area contributed by atoms with E-state index in [2.05, 4.69) is 5.32 Å². The standard InChI is InChI=1S/C17H15Cl2NO3/c1-10-4-3-5-11(2)16(10)20-15(21)9-23-17(22)12-6-13(18)8-14(19)7-12/h3-8H,9H2,1-2H3,(H,20,21). The van der Waals surface area contributed by atoms with E-state index in [4.69, 9.17) is 27.9 Å². The van der Waals surface area contributed by atoms with Crippen LogP contribution in [0.3, 0.4) is 0 Å². The molecule has 0 aliphatic rings. The van der Waals surface area contributed by atoms with E-state index in [-0.39, 0.29) is 5.56 Å². The number of esters is 1. The Balaban J connectivity index is 1.97. The molecular weight excluding hydrogens is 337 g/mol. The molecule has 0 aliphatic heterocycles. The third-order valence-electron chi connectivity index (χ3n) is 3.18. The summed E-state index contributed by atoms with van der Waals surface area (Å²) in [5.41, 5.74) is 2.79. The van der Waals surface area contributed by atoms with Crippen LogP contribution >= 0.6 is 23.2 Å². The molecule has 2 aromatic carbocycles. The van der Waals surface area contributed by atoms with Crippen molar-refractivity contribution < 1.29 is 14.3 Å². The number of para-hydroxylation sites is 1. The van der Waals surface area contributed by atoms with Gasteiger partial charge in [0.2, 0.25) is 0 Å². The predicted molar refractivity (Wildman–Crippen MR) is 91.3 cm³/mol. The van der Waals surface area contributed by atoms with Crippen LogP contribution in [0.5, 0.6) is 0 Å². The average Bonchev–Trinajstić information content (AvgIpc) is 2.47. The van der Waals surface area contributed by atoms with Gasteiger partial charge in [-0.2, -0.15) is 0 Å². The van der Waals surface area contributed by atoms with Crippen LogP contribution in [0.15, 0.2) is 36.4 Å². The van der Waals surface area contributed by atoms with Crippen molar-refractivity contribution in [3.8, 4) is 0 Å². The van der Waals surface area contributed by atoms with Crippen LogP contribution in [0, 0.1) is 13.8 Å². The molecule has 0 fully saturated rings. The molecule has 2 aromatic rings. The van der Waals surface area contributed by atoms with Crippen molar-refractivity contribution in [2.75, 3.05) is 11.9 Å². The number of hydrogen-bond donors (Lipinski definition) is 1. The molecule has 1 amide bonds. The first kappa shape index (κ1) is 17.3. The van der Waals surface area contributed by atoms with Gasteiger partial charge < -0.3 is 10.1 Å². The molecule has 2 rings (SSSR count). The fourth-order valence-electron chi connectivity index (χ4n) is 2.07. The molecule has 4 nitrogen and oxygen atoms in total. The molecule has 0 unspecified atom stereocenters. The molecule has 0 saturated heterocycles. The number of carbonyl (C=O) groups excluding carboxylic acids is 2. The summed E-state index contributed by atoms with van der Waals surface area (Å²) in [5, 5.41) is 3.39. The van der Waals surface area contributed by atoms with Crippen molar-refractivity contribution >= 4 is 40.8 Å². The van der Waals surface area contributed by atoms with Crippen LogP contribution in [0.25, 0.3) is 0 Å². The Morgan fingerprint density at radius 2 is 1.61 bits per heavy atom. The number of nitrogens with one attached hydrogen (secondary N) is 1. The molecule has 0 heterocycles. The monoisotopic (exact) mass is 351 g/mol. The lowest BCUT2D eigenvalue weighted by atomic mass is 10.1. The van der Waals surface area contributed by atoms with E-state index in [0.29, 0.717) is 10.0 Å². The summed E-state index contributed by atoms with van der Waals surface area (Å²) in [4.78, 5) is 23.9. The fourth-order valence-corrected chi connectivity index (χ4v) is 2.60. The zero-order valence-corrected chi connectivity index (χ0v) is 14.2. The van der Waals surface area contributed by atoms with Crippen LogP contribution in [0.1, 0.15) is 21.5 Å². The lowest BCUT2D eigenvalue weighted by molar-refractivity contribution is -0.119. The summed E-state index contributed by atoms with van der Waals surface area (Å²) in [5.74, 6) is -1.07. The summed E-state index contributed by atoms with van der Waals surface area (Å²) in [6, 6.07) is 10.1. The number of benzene rings is 2. The van der Waals surface area contributed by atoms with Crippen molar-refractivity contribution in [3.63, 3.8) is 0 Å². The van der Waals surface area contributed by atoms with Gasteiger partial charge in [0.05, 0.1) is 5.56 Å². The van der Waals surface area contributed by atoms with E-state index >= 15 is 0 Å². The smallest absolute Gasteiger partial charge is 0.338 e. The fraction of sp³-hybridized carbons (Fsp3) is 0.176. The zero-order chi connectivity index (χ0) is 17.0. The average molecular weight is 352 g/mol. The number of carbonyl (C=O) groups is 2. The van der Waals surface area contributed by atoms with Crippen molar-refractivity contribution in [3.05, 3.63) is 63.1 Å². The second kappa shape index (κ2) is 7.49. The maximum Gasteiger partial charge on any atom is 0.338 e. The molecule has 1 N–H and O–H groups in total. The van der Waals surface area contributed by atoms with E-state index in [9.17, 15) is 9.59 Å². The molecular formula is C17H15Cl2NO3. The highest BCUT2D eigenvalue weighted by Gasteiger charge is 2.13. The zero-order valence-electron chi connectivity index (χ0n) is 12.7. The Hall–Kier alpha value is -2.04. The summed E-state index contributed by atoms with van der Waals surface area (Å²) < 4.78 is 4.98. The molecule has 6 heteroatoms. The lowest BCUT2D eigenvalue weighted by Gasteiger charge is -2.11. The largest absolute Gasteiger partial charge is 0.452 e. The first-order chi connectivity index (χ1) is 10.9. The van der Waals surface area contributed by atoms with Gasteiger partial charge in [0, 0.05) is 15.7 Å². The molecule has 23 heavy (non-hydrogen) atoms. The number of halogens is 2. The van der Waals surface area contributed by atoms with Crippen molar-refractivity contribution in [1.82, 2.24) is 0 Å². The minimum absolute atomic E-state index is 0.197. The molecule has 0 atom stereocenters. The summed E-state index contributed by atoms with van der Waals surface area (Å²) in [6.45, 7) is 3.39. The van der Waals surface area contributed by atoms with Gasteiger partial charge in [0.25, 0.3) is 5.91 Å². The number of hydrogen-bond acceptors (Lipinski definition) is 3. The Labute approximate surface area is 144 Å². The number of amides is 1. The highest BCUT2D eigenvalue weighted by molar-refractivity contribution is 6.35. The number of rotatable bonds is 4. The van der Waals surface area contributed by atoms with E-state index in [1.54, 1.807) is 0 Å². The SMILES string of the molecule is Cc1cccc(C)c1NC(=O)COC(=O)c1cc(Cl)cc(Cl)c1. The first-order valence-electron chi connectivity index (χ1n) is 6.86. The topological polar surface area (TPSA) is 55.4 Å². The third kappa shape index (κ3) is 4.71. The van der Waals surface area contributed by atoms with Gasteiger partial charge in [-0.05, 0) is 43.2 Å². The highest BCUT2D eigenvalue weighted by atomic mass is 35.5. The maximum absolute atomic E-state index is 11.9. The number of ether oxygens (including phenoxy) is 1. The van der Waals surface area contributed by atoms with E-state index in [0.717, 1.165) is 16.8 Å². The van der Waals surface area contributed by atoms with E-state index in [1.807, 2.05) is 32.0 Å². The number of anilines is 1. The summed E-state index contributed by atoms with van der Waals surface area (Å²) in [6.07, 6.45) is 0. The molecule has 0 aliphatic carbocycles. The summed E-state index contributed by atoms with van der Waals surface area (Å²) >= 11 is 11.7. The van der Waals surface area contributed by atoms with Gasteiger partial charge in [0.1, 0.15) is 0 Å². The predicted octanol–water partition coefficient (Wildman–Crippen LogP) is 4.41. The molecule has 120 valence electrons. The second-order valence-electron chi connectivity index (χ2n) is 5.05. The Bertz CT molecular complexity index is 719. The van der Waals surface area contributed by atoms with Gasteiger partial charge in [-0.1, -0.05) is 41.4 Å². The van der Waals surface area contributed by atoms with Gasteiger partial charge in [0.15, 0.2) is 6.61 Å². The van der Waals surface area contributed by atoms with Crippen LogP contribution < -0.4 is 5.32 Å². The Morgan fingerprint density at radius 3 is 2.17 bits per heavy atom. The van der Waals surface area contributed by atoms with Crippen molar-refractivity contribution in [2.45, 2.75) is 13.8 Å². The second-order valence-corrected chi connectivity index (χ2v) is 5.92. The summed E-state index contributed by atoms with van der Waals surface area (Å²) in [7, 11) is 0. The highest BCUT2D eigenvalue weighted by Crippen LogP contribution is 2.20. The van der Waals surface area contributed by atoms with Gasteiger partial charge in [-0.25, -0.2) is 4.79 Å². The molecule has 0 bridgehead atoms. The Kier molecular flexibility index (Phi) is 5.64. The van der Waals surface area contributed by atoms with E-state index < -0.39 is 18.5 Å². The van der Waals surface area contributed by atoms with Gasteiger partial charge in [-0.3, -0.25) is 4.79 Å². The van der Waals surface area contributed by atoms with Crippen LogP contribution in [0.2, 0.25) is 10.0 Å². The normalized spacial score (nSPS) is 10.3. The lowest BCUT2D eigenvalue weighted by Crippen LogP contribution is -2.21. The number of aryl methyl sites for hydroxylation is 2. The minimum Gasteiger partial charge on any atom is -0.452 e. The minimum atomic E-state index is -0.661. The first-order valence-corrected chi connectivity index (χ1v) is 7.61. The van der Waals surface area contributed by atoms with Crippen LogP contribution in [0.4, 0.5) is 5.69 Å². The third-order valence-corrected chi connectivity index (χ3v) is 3.61. The quantitative estimate of drug-likeness (QED) is 0.830. The molecule has 0 radical (unpaired) electrons.